The van der Waals surface area contributed by atoms with Crippen LogP contribution in [0, 0.1) is 0 Å². The summed E-state index contributed by atoms with van der Waals surface area (Å²) in [7, 11) is 1.62. The van der Waals surface area contributed by atoms with Crippen LogP contribution in [0.15, 0.2) is 24.3 Å². The van der Waals surface area contributed by atoms with Crippen LogP contribution in [0.5, 0.6) is 0 Å². The molecule has 6 nitrogen and oxygen atoms in total. The minimum atomic E-state index is -0.163. The second-order valence-corrected chi connectivity index (χ2v) is 6.46. The zero-order chi connectivity index (χ0) is 17.7. The van der Waals surface area contributed by atoms with Crippen LogP contribution in [0.1, 0.15) is 32.3 Å². The highest BCUT2D eigenvalue weighted by atomic mass is 16.2. The summed E-state index contributed by atoms with van der Waals surface area (Å²) in [5, 5.41) is 2.76. The Kier molecular flexibility index (Phi) is 5.95. The van der Waals surface area contributed by atoms with Gasteiger partial charge in [-0.25, -0.2) is 0 Å². The number of hydrogen-bond donors (Lipinski definition) is 1. The van der Waals surface area contributed by atoms with Crippen molar-refractivity contribution in [3.8, 4) is 0 Å². The fourth-order valence-electron chi connectivity index (χ4n) is 2.70. The van der Waals surface area contributed by atoms with Gasteiger partial charge >= 0.3 is 0 Å². The van der Waals surface area contributed by atoms with Gasteiger partial charge in [0.25, 0.3) is 0 Å². The molecule has 0 saturated carbocycles. The van der Waals surface area contributed by atoms with Crippen LogP contribution in [0.4, 0.5) is 5.69 Å². The van der Waals surface area contributed by atoms with Crippen LogP contribution in [0.2, 0.25) is 0 Å². The maximum atomic E-state index is 12.2. The Morgan fingerprint density at radius 1 is 1.25 bits per heavy atom. The minimum absolute atomic E-state index is 0.0530. The lowest BCUT2D eigenvalue weighted by molar-refractivity contribution is -0.134. The summed E-state index contributed by atoms with van der Waals surface area (Å²) in [6, 6.07) is 7.53. The lowest BCUT2D eigenvalue weighted by Crippen LogP contribution is -2.41. The van der Waals surface area contributed by atoms with E-state index >= 15 is 0 Å². The van der Waals surface area contributed by atoms with Gasteiger partial charge in [0, 0.05) is 31.7 Å². The second kappa shape index (κ2) is 7.95. The van der Waals surface area contributed by atoms with E-state index in [9.17, 15) is 14.4 Å². The number of nitrogens with zero attached hydrogens (tertiary/aromatic N) is 2. The zero-order valence-electron chi connectivity index (χ0n) is 14.5. The van der Waals surface area contributed by atoms with Gasteiger partial charge in [-0.3, -0.25) is 14.4 Å². The van der Waals surface area contributed by atoms with E-state index in [-0.39, 0.29) is 36.7 Å². The fraction of sp³-hybridized carbons (Fsp3) is 0.500. The maximum absolute atomic E-state index is 12.2. The van der Waals surface area contributed by atoms with Crippen molar-refractivity contribution >= 4 is 23.4 Å². The number of hydrogen-bond acceptors (Lipinski definition) is 3. The van der Waals surface area contributed by atoms with Gasteiger partial charge in [-0.05, 0) is 38.0 Å². The average Bonchev–Trinajstić information content (AvgIpc) is 2.93. The van der Waals surface area contributed by atoms with E-state index < -0.39 is 0 Å². The van der Waals surface area contributed by atoms with E-state index in [4.69, 9.17) is 0 Å². The van der Waals surface area contributed by atoms with Crippen molar-refractivity contribution < 1.29 is 14.4 Å². The zero-order valence-corrected chi connectivity index (χ0v) is 14.5. The summed E-state index contributed by atoms with van der Waals surface area (Å²) < 4.78 is 0. The molecule has 24 heavy (non-hydrogen) atoms. The third-order valence-electron chi connectivity index (χ3n) is 3.93. The van der Waals surface area contributed by atoms with Crippen LogP contribution in [0.3, 0.4) is 0 Å². The van der Waals surface area contributed by atoms with Crippen molar-refractivity contribution in [3.05, 3.63) is 29.8 Å². The molecule has 0 spiro atoms. The quantitative estimate of drug-likeness (QED) is 0.855. The highest BCUT2D eigenvalue weighted by molar-refractivity contribution is 5.95. The van der Waals surface area contributed by atoms with Gasteiger partial charge in [-0.1, -0.05) is 12.1 Å². The number of likely N-dealkylation sites (N-methyl/N-ethyl adjacent to an activating group) is 1. The van der Waals surface area contributed by atoms with E-state index in [0.29, 0.717) is 6.42 Å². The molecule has 0 unspecified atom stereocenters. The lowest BCUT2D eigenvalue weighted by Gasteiger charge is -2.19. The largest absolute Gasteiger partial charge is 0.352 e. The molecular weight excluding hydrogens is 306 g/mol. The number of benzene rings is 1. The first kappa shape index (κ1) is 18.0. The van der Waals surface area contributed by atoms with Crippen molar-refractivity contribution in [1.82, 2.24) is 10.2 Å². The van der Waals surface area contributed by atoms with Gasteiger partial charge in [0.15, 0.2) is 0 Å². The Morgan fingerprint density at radius 2 is 1.92 bits per heavy atom. The van der Waals surface area contributed by atoms with Gasteiger partial charge in [0.2, 0.25) is 17.7 Å². The molecule has 130 valence electrons. The third-order valence-corrected chi connectivity index (χ3v) is 3.93. The molecule has 1 aromatic rings. The molecule has 0 radical (unpaired) electrons. The normalized spacial score (nSPS) is 14.2. The van der Waals surface area contributed by atoms with E-state index in [1.54, 1.807) is 11.9 Å². The van der Waals surface area contributed by atoms with Gasteiger partial charge in [-0.2, -0.15) is 0 Å². The third kappa shape index (κ3) is 4.81. The fourth-order valence-corrected chi connectivity index (χ4v) is 2.70. The molecule has 1 aliphatic rings. The summed E-state index contributed by atoms with van der Waals surface area (Å²) in [5.74, 6) is -0.127. The predicted octanol–water partition coefficient (Wildman–Crippen LogP) is 1.34. The Balaban J connectivity index is 1.89. The Hall–Kier alpha value is -2.37. The van der Waals surface area contributed by atoms with Crippen LogP contribution >= 0.6 is 0 Å². The van der Waals surface area contributed by atoms with Gasteiger partial charge in [0.1, 0.15) is 0 Å². The summed E-state index contributed by atoms with van der Waals surface area (Å²) in [4.78, 5) is 38.8. The van der Waals surface area contributed by atoms with Crippen LogP contribution in [-0.4, -0.2) is 48.8 Å². The maximum Gasteiger partial charge on any atom is 0.239 e. The summed E-state index contributed by atoms with van der Waals surface area (Å²) in [5.41, 5.74) is 1.74. The predicted molar refractivity (Wildman–Crippen MR) is 92.6 cm³/mol. The lowest BCUT2D eigenvalue weighted by atomic mass is 10.1. The standard InChI is InChI=1S/C18H25N3O3/c1-13(2)19-16(22)12-20(3)18(24)11-14-6-8-15(9-7-14)21-10-4-5-17(21)23/h6-9,13H,4-5,10-12H2,1-3H3,(H,19,22). The summed E-state index contributed by atoms with van der Waals surface area (Å²) in [6.07, 6.45) is 1.73. The first-order valence-corrected chi connectivity index (χ1v) is 8.29. The highest BCUT2D eigenvalue weighted by Crippen LogP contribution is 2.21. The molecule has 0 atom stereocenters. The minimum Gasteiger partial charge on any atom is -0.352 e. The number of carbonyl (C=O) groups is 3. The molecular formula is C18H25N3O3. The summed E-state index contributed by atoms with van der Waals surface area (Å²) in [6.45, 7) is 4.57. The van der Waals surface area contributed by atoms with E-state index in [1.165, 1.54) is 4.90 Å². The van der Waals surface area contributed by atoms with Gasteiger partial charge < -0.3 is 15.1 Å². The van der Waals surface area contributed by atoms with Crippen LogP contribution < -0.4 is 10.2 Å². The highest BCUT2D eigenvalue weighted by Gasteiger charge is 2.21. The number of anilines is 1. The number of carbonyl (C=O) groups excluding carboxylic acids is 3. The molecule has 0 aliphatic carbocycles. The smallest absolute Gasteiger partial charge is 0.239 e. The molecule has 1 aromatic carbocycles. The van der Waals surface area contributed by atoms with Crippen molar-refractivity contribution in [1.29, 1.82) is 0 Å². The second-order valence-electron chi connectivity index (χ2n) is 6.46. The molecule has 0 aromatic heterocycles. The van der Waals surface area contributed by atoms with E-state index in [2.05, 4.69) is 5.32 Å². The number of nitrogens with one attached hydrogen (secondary N) is 1. The number of amides is 3. The first-order chi connectivity index (χ1) is 11.4. The summed E-state index contributed by atoms with van der Waals surface area (Å²) >= 11 is 0. The van der Waals surface area contributed by atoms with Crippen LogP contribution in [0.25, 0.3) is 0 Å². The SMILES string of the molecule is CC(C)NC(=O)CN(C)C(=O)Cc1ccc(N2CCCC2=O)cc1. The van der Waals surface area contributed by atoms with Gasteiger partial charge in [0.05, 0.1) is 13.0 Å². The molecule has 1 heterocycles. The molecule has 6 heteroatoms. The van der Waals surface area contributed by atoms with Crippen LogP contribution in [-0.2, 0) is 20.8 Å². The van der Waals surface area contributed by atoms with Crippen molar-refractivity contribution in [3.63, 3.8) is 0 Å². The molecule has 1 aliphatic heterocycles. The first-order valence-electron chi connectivity index (χ1n) is 8.29. The molecule has 1 fully saturated rings. The molecule has 2 rings (SSSR count). The monoisotopic (exact) mass is 331 g/mol. The Morgan fingerprint density at radius 3 is 2.46 bits per heavy atom. The van der Waals surface area contributed by atoms with Crippen molar-refractivity contribution in [2.75, 3.05) is 25.0 Å². The topological polar surface area (TPSA) is 69.7 Å². The van der Waals surface area contributed by atoms with Gasteiger partial charge in [-0.15, -0.1) is 0 Å². The van der Waals surface area contributed by atoms with E-state index in [1.807, 2.05) is 38.1 Å². The Labute approximate surface area is 142 Å². The Bertz CT molecular complexity index is 610. The van der Waals surface area contributed by atoms with E-state index in [0.717, 1.165) is 24.2 Å². The average molecular weight is 331 g/mol. The number of rotatable bonds is 6. The van der Waals surface area contributed by atoms with Crippen molar-refractivity contribution in [2.24, 2.45) is 0 Å². The molecule has 3 amide bonds. The molecule has 0 bridgehead atoms. The molecule has 1 N–H and O–H groups in total. The van der Waals surface area contributed by atoms with Crippen molar-refractivity contribution in [2.45, 2.75) is 39.2 Å². The molecule has 1 saturated heterocycles.